The van der Waals surface area contributed by atoms with E-state index < -0.39 is 0 Å². The summed E-state index contributed by atoms with van der Waals surface area (Å²) in [5.74, 6) is 2.62. The Balaban J connectivity index is 0.000000327. The second-order valence-corrected chi connectivity index (χ2v) is 17.9. The van der Waals surface area contributed by atoms with Gasteiger partial charge in [-0.2, -0.15) is 0 Å². The number of hydrogen-bond donors (Lipinski definition) is 0. The Morgan fingerprint density at radius 1 is 0.408 bits per heavy atom. The molecule has 0 N–H and O–H groups in total. The highest BCUT2D eigenvalue weighted by Crippen LogP contribution is 2.25. The molecule has 3 fully saturated rings. The van der Waals surface area contributed by atoms with Gasteiger partial charge in [-0.3, -0.25) is 24.5 Å². The summed E-state index contributed by atoms with van der Waals surface area (Å²) in [5.41, 5.74) is 1.65. The Hall–Kier alpha value is -0.500. The van der Waals surface area contributed by atoms with Crippen molar-refractivity contribution in [3.05, 3.63) is 11.6 Å². The summed E-state index contributed by atoms with van der Waals surface area (Å²) in [6.45, 7) is 51.8. The number of hydrogen-bond acceptors (Lipinski definition) is 6. The summed E-state index contributed by atoms with van der Waals surface area (Å²) in [5, 5.41) is 0. The van der Waals surface area contributed by atoms with Gasteiger partial charge in [-0.25, -0.2) is 0 Å². The molecule has 4 rings (SSSR count). The molecular formula is C43H90N6. The van der Waals surface area contributed by atoms with Crippen molar-refractivity contribution in [2.24, 2.45) is 17.8 Å². The molecule has 4 heterocycles. The Bertz CT molecular complexity index is 751. The monoisotopic (exact) mass is 691 g/mol. The quantitative estimate of drug-likeness (QED) is 0.236. The van der Waals surface area contributed by atoms with E-state index >= 15 is 0 Å². The third-order valence-electron chi connectivity index (χ3n) is 11.8. The number of piperazine rings is 1. The van der Waals surface area contributed by atoms with Gasteiger partial charge in [0.2, 0.25) is 0 Å². The van der Waals surface area contributed by atoms with Crippen LogP contribution in [0, 0.1) is 17.8 Å². The van der Waals surface area contributed by atoms with Crippen molar-refractivity contribution >= 4 is 0 Å². The van der Waals surface area contributed by atoms with E-state index in [4.69, 9.17) is 0 Å². The van der Waals surface area contributed by atoms with Crippen molar-refractivity contribution in [3.8, 4) is 0 Å². The van der Waals surface area contributed by atoms with E-state index in [0.29, 0.717) is 18.1 Å². The first-order chi connectivity index (χ1) is 22.9. The third kappa shape index (κ3) is 18.7. The van der Waals surface area contributed by atoms with Gasteiger partial charge in [-0.05, 0) is 153 Å². The minimum Gasteiger partial charge on any atom is -0.301 e. The van der Waals surface area contributed by atoms with E-state index in [2.05, 4.69) is 146 Å². The summed E-state index contributed by atoms with van der Waals surface area (Å²) >= 11 is 0. The lowest BCUT2D eigenvalue weighted by atomic mass is 9.86. The second kappa shape index (κ2) is 24.7. The molecule has 0 spiro atoms. The zero-order valence-electron chi connectivity index (χ0n) is 36.3. The zero-order chi connectivity index (χ0) is 37.3. The lowest BCUT2D eigenvalue weighted by Gasteiger charge is -2.38. The maximum Gasteiger partial charge on any atom is 0.0168 e. The second-order valence-electron chi connectivity index (χ2n) is 17.9. The number of likely N-dealkylation sites (tertiary alicyclic amines) is 1. The van der Waals surface area contributed by atoms with Crippen LogP contribution in [0.3, 0.4) is 0 Å². The highest BCUT2D eigenvalue weighted by molar-refractivity contribution is 5.09. The van der Waals surface area contributed by atoms with E-state index in [1.54, 1.807) is 5.57 Å². The SMILES string of the molecule is CC(C)C1=CCN(C(C)C)CC1.CC(C)C1CCN(C(C)C)CC1.CC(C)N1CCCN(C(C)C)CC1.CC(C)N1CCN(C(C)C)CC1. The Morgan fingerprint density at radius 2 is 0.735 bits per heavy atom. The van der Waals surface area contributed by atoms with E-state index in [-0.39, 0.29) is 0 Å². The van der Waals surface area contributed by atoms with Crippen LogP contribution >= 0.6 is 0 Å². The lowest BCUT2D eigenvalue weighted by Crippen LogP contribution is -2.50. The fourth-order valence-corrected chi connectivity index (χ4v) is 7.56. The lowest BCUT2D eigenvalue weighted by molar-refractivity contribution is 0.0887. The summed E-state index contributed by atoms with van der Waals surface area (Å²) < 4.78 is 0. The van der Waals surface area contributed by atoms with Crippen LogP contribution in [0.1, 0.15) is 136 Å². The van der Waals surface area contributed by atoms with Crippen molar-refractivity contribution in [1.29, 1.82) is 0 Å². The molecule has 0 aliphatic carbocycles. The Kier molecular flexibility index (Phi) is 23.4. The van der Waals surface area contributed by atoms with Crippen LogP contribution in [0.5, 0.6) is 0 Å². The van der Waals surface area contributed by atoms with Crippen molar-refractivity contribution in [3.63, 3.8) is 0 Å². The van der Waals surface area contributed by atoms with Crippen LogP contribution in [0.25, 0.3) is 0 Å². The van der Waals surface area contributed by atoms with E-state index in [9.17, 15) is 0 Å². The van der Waals surface area contributed by atoms with Gasteiger partial charge in [0.15, 0.2) is 0 Å². The molecule has 292 valence electrons. The van der Waals surface area contributed by atoms with Gasteiger partial charge in [0.05, 0.1) is 0 Å². The largest absolute Gasteiger partial charge is 0.301 e. The van der Waals surface area contributed by atoms with Gasteiger partial charge < -0.3 is 4.90 Å². The van der Waals surface area contributed by atoms with E-state index in [0.717, 1.165) is 42.4 Å². The molecule has 0 unspecified atom stereocenters. The molecule has 3 saturated heterocycles. The van der Waals surface area contributed by atoms with E-state index in [1.165, 1.54) is 97.7 Å². The molecule has 0 saturated carbocycles. The van der Waals surface area contributed by atoms with Crippen molar-refractivity contribution in [2.45, 2.75) is 173 Å². The molecule has 0 aromatic carbocycles. The summed E-state index contributed by atoms with van der Waals surface area (Å²) in [6.07, 6.45) is 7.84. The van der Waals surface area contributed by atoms with Gasteiger partial charge in [0, 0.05) is 88.6 Å². The maximum absolute atomic E-state index is 2.60. The molecule has 0 aromatic heterocycles. The highest BCUT2D eigenvalue weighted by Gasteiger charge is 2.23. The number of nitrogens with zero attached hydrogens (tertiary/aromatic N) is 6. The van der Waals surface area contributed by atoms with Crippen LogP contribution in [-0.4, -0.2) is 144 Å². The first-order valence-electron chi connectivity index (χ1n) is 21.1. The van der Waals surface area contributed by atoms with E-state index in [1.807, 2.05) is 0 Å². The van der Waals surface area contributed by atoms with Crippen LogP contribution in [0.4, 0.5) is 0 Å². The molecule has 4 aliphatic heterocycles. The highest BCUT2D eigenvalue weighted by atomic mass is 15.3. The number of rotatable bonds is 8. The van der Waals surface area contributed by atoms with Crippen LogP contribution in [0.15, 0.2) is 11.6 Å². The fourth-order valence-electron chi connectivity index (χ4n) is 7.56. The Morgan fingerprint density at radius 3 is 1.00 bits per heavy atom. The van der Waals surface area contributed by atoms with Gasteiger partial charge in [0.25, 0.3) is 0 Å². The predicted octanol–water partition coefficient (Wildman–Crippen LogP) is 8.68. The average Bonchev–Trinajstić information content (AvgIpc) is 3.33. The van der Waals surface area contributed by atoms with Gasteiger partial charge in [0.1, 0.15) is 0 Å². The average molecular weight is 691 g/mol. The molecular weight excluding hydrogens is 601 g/mol. The number of piperidine rings is 1. The molecule has 0 bridgehead atoms. The normalized spacial score (nSPS) is 22.0. The predicted molar refractivity (Wildman–Crippen MR) is 220 cm³/mol. The molecule has 6 heteroatoms. The Labute approximate surface area is 309 Å². The fraction of sp³-hybridized carbons (Fsp3) is 0.953. The molecule has 6 nitrogen and oxygen atoms in total. The van der Waals surface area contributed by atoms with Gasteiger partial charge in [-0.1, -0.05) is 39.3 Å². The summed E-state index contributed by atoms with van der Waals surface area (Å²) in [6, 6.07) is 4.32. The molecule has 0 radical (unpaired) electrons. The first kappa shape index (κ1) is 46.5. The molecule has 49 heavy (non-hydrogen) atoms. The minimum absolute atomic E-state index is 0.704. The van der Waals surface area contributed by atoms with Crippen LogP contribution in [-0.2, 0) is 0 Å². The summed E-state index contributed by atoms with van der Waals surface area (Å²) in [4.78, 5) is 15.4. The maximum atomic E-state index is 2.60. The zero-order valence-corrected chi connectivity index (χ0v) is 36.3. The van der Waals surface area contributed by atoms with Crippen LogP contribution in [0.2, 0.25) is 0 Å². The topological polar surface area (TPSA) is 19.4 Å². The molecule has 0 atom stereocenters. The molecule has 0 aromatic rings. The molecule has 0 amide bonds. The van der Waals surface area contributed by atoms with Gasteiger partial charge in [-0.15, -0.1) is 0 Å². The molecule has 4 aliphatic rings. The smallest absolute Gasteiger partial charge is 0.0168 e. The van der Waals surface area contributed by atoms with Gasteiger partial charge >= 0.3 is 0 Å². The van der Waals surface area contributed by atoms with Crippen LogP contribution < -0.4 is 0 Å². The van der Waals surface area contributed by atoms with Crippen molar-refractivity contribution < 1.29 is 0 Å². The first-order valence-corrected chi connectivity index (χ1v) is 21.1. The van der Waals surface area contributed by atoms with Crippen molar-refractivity contribution in [1.82, 2.24) is 29.4 Å². The third-order valence-corrected chi connectivity index (χ3v) is 11.8. The standard InChI is InChI=1S/C11H24N2.C11H23N.C11H21N.C10H22N2/c1-10(2)12-6-5-7-13(9-8-12)11(3)4;3*1-9(2)11-5-7-12(8-6-11)10(3)4/h10-11H,5-9H2,1-4H3;9-11H,5-8H2,1-4H3;5,9-10H,6-8H2,1-4H3;9-10H,5-8H2,1-4H3. The minimum atomic E-state index is 0.704. The van der Waals surface area contributed by atoms with Crippen molar-refractivity contribution in [2.75, 3.05) is 78.5 Å². The summed E-state index contributed by atoms with van der Waals surface area (Å²) in [7, 11) is 0.